The lowest BCUT2D eigenvalue weighted by Gasteiger charge is -2.14. The van der Waals surface area contributed by atoms with E-state index in [4.69, 9.17) is 14.2 Å². The number of hydrogen-bond donors (Lipinski definition) is 1. The summed E-state index contributed by atoms with van der Waals surface area (Å²) in [6.07, 6.45) is 0.209. The van der Waals surface area contributed by atoms with Crippen LogP contribution < -0.4 is 19.5 Å². The number of carbonyl (C=O) groups is 1. The zero-order valence-corrected chi connectivity index (χ0v) is 17.3. The Morgan fingerprint density at radius 2 is 1.62 bits per heavy atom. The largest absolute Gasteiger partial charge is 0.493 e. The van der Waals surface area contributed by atoms with Crippen LogP contribution in [0.15, 0.2) is 42.5 Å². The third-order valence-corrected chi connectivity index (χ3v) is 4.73. The second-order valence-electron chi connectivity index (χ2n) is 6.54. The molecule has 7 nitrogen and oxygen atoms in total. The molecular weight excluding hydrogens is 370 g/mol. The van der Waals surface area contributed by atoms with Gasteiger partial charge in [-0.3, -0.25) is 4.79 Å². The van der Waals surface area contributed by atoms with Gasteiger partial charge in [0.25, 0.3) is 0 Å². The summed E-state index contributed by atoms with van der Waals surface area (Å²) < 4.78 is 17.9. The summed E-state index contributed by atoms with van der Waals surface area (Å²) in [5.41, 5.74) is 4.19. The number of carbonyl (C=O) groups excluding carboxylic acids is 1. The van der Waals surface area contributed by atoms with E-state index in [-0.39, 0.29) is 12.3 Å². The SMILES string of the molecule is COc1cc(NC(=O)Cc2c(C)nn(-c3ccccc3)c2C)cc(OC)c1OC. The number of rotatable bonds is 7. The van der Waals surface area contributed by atoms with E-state index < -0.39 is 0 Å². The van der Waals surface area contributed by atoms with Crippen LogP contribution in [0.2, 0.25) is 0 Å². The first-order valence-electron chi connectivity index (χ1n) is 9.18. The average Bonchev–Trinajstić information content (AvgIpc) is 3.01. The van der Waals surface area contributed by atoms with E-state index in [0.29, 0.717) is 22.9 Å². The highest BCUT2D eigenvalue weighted by molar-refractivity contribution is 5.93. The fourth-order valence-electron chi connectivity index (χ4n) is 3.27. The molecule has 29 heavy (non-hydrogen) atoms. The fraction of sp³-hybridized carbons (Fsp3) is 0.273. The maximum atomic E-state index is 12.7. The van der Waals surface area contributed by atoms with Crippen molar-refractivity contribution in [2.24, 2.45) is 0 Å². The van der Waals surface area contributed by atoms with Gasteiger partial charge in [-0.1, -0.05) is 18.2 Å². The van der Waals surface area contributed by atoms with Crippen molar-refractivity contribution in [2.45, 2.75) is 20.3 Å². The first-order valence-corrected chi connectivity index (χ1v) is 9.18. The summed E-state index contributed by atoms with van der Waals surface area (Å²) >= 11 is 0. The van der Waals surface area contributed by atoms with Crippen molar-refractivity contribution in [2.75, 3.05) is 26.6 Å². The maximum Gasteiger partial charge on any atom is 0.228 e. The molecule has 0 saturated heterocycles. The lowest BCUT2D eigenvalue weighted by Crippen LogP contribution is -2.15. The molecule has 0 atom stereocenters. The predicted molar refractivity (Wildman–Crippen MR) is 111 cm³/mol. The molecule has 3 rings (SSSR count). The molecule has 1 N–H and O–H groups in total. The van der Waals surface area contributed by atoms with Crippen molar-refractivity contribution in [3.05, 3.63) is 59.4 Å². The monoisotopic (exact) mass is 395 g/mol. The molecule has 0 aliphatic rings. The van der Waals surface area contributed by atoms with E-state index in [1.807, 2.05) is 48.9 Å². The average molecular weight is 395 g/mol. The normalized spacial score (nSPS) is 10.5. The molecular formula is C22H25N3O4. The van der Waals surface area contributed by atoms with Gasteiger partial charge in [0.15, 0.2) is 11.5 Å². The topological polar surface area (TPSA) is 74.6 Å². The number of aryl methyl sites for hydroxylation is 1. The van der Waals surface area contributed by atoms with Gasteiger partial charge in [0.2, 0.25) is 11.7 Å². The molecule has 3 aromatic rings. The molecule has 0 unspecified atom stereocenters. The predicted octanol–water partition coefficient (Wildman–Crippen LogP) is 3.70. The third-order valence-electron chi connectivity index (χ3n) is 4.73. The van der Waals surface area contributed by atoms with Crippen molar-refractivity contribution >= 4 is 11.6 Å². The van der Waals surface area contributed by atoms with E-state index in [2.05, 4.69) is 10.4 Å². The van der Waals surface area contributed by atoms with Crippen molar-refractivity contribution in [1.82, 2.24) is 9.78 Å². The number of hydrogen-bond acceptors (Lipinski definition) is 5. The van der Waals surface area contributed by atoms with Gasteiger partial charge in [-0.05, 0) is 26.0 Å². The molecule has 0 saturated carbocycles. The lowest BCUT2D eigenvalue weighted by atomic mass is 10.1. The minimum Gasteiger partial charge on any atom is -0.493 e. The van der Waals surface area contributed by atoms with Gasteiger partial charge in [-0.15, -0.1) is 0 Å². The zero-order valence-electron chi connectivity index (χ0n) is 17.3. The number of amides is 1. The first-order chi connectivity index (χ1) is 14.0. The molecule has 0 spiro atoms. The lowest BCUT2D eigenvalue weighted by molar-refractivity contribution is -0.115. The molecule has 7 heteroatoms. The van der Waals surface area contributed by atoms with Gasteiger partial charge in [-0.25, -0.2) is 4.68 Å². The number of para-hydroxylation sites is 1. The van der Waals surface area contributed by atoms with Crippen LogP contribution in [0.3, 0.4) is 0 Å². The van der Waals surface area contributed by atoms with Crippen LogP contribution in [0.1, 0.15) is 17.0 Å². The van der Waals surface area contributed by atoms with Crippen LogP contribution in [0, 0.1) is 13.8 Å². The first kappa shape index (κ1) is 20.3. The van der Waals surface area contributed by atoms with Crippen LogP contribution in [0.4, 0.5) is 5.69 Å². The Morgan fingerprint density at radius 1 is 1.00 bits per heavy atom. The molecule has 0 radical (unpaired) electrons. The van der Waals surface area contributed by atoms with Crippen LogP contribution in [-0.2, 0) is 11.2 Å². The molecule has 1 aromatic heterocycles. The van der Waals surface area contributed by atoms with E-state index in [0.717, 1.165) is 22.6 Å². The quantitative estimate of drug-likeness (QED) is 0.660. The van der Waals surface area contributed by atoms with Gasteiger partial charge < -0.3 is 19.5 Å². The number of benzene rings is 2. The number of nitrogens with zero attached hydrogens (tertiary/aromatic N) is 2. The number of anilines is 1. The molecule has 0 aliphatic heterocycles. The highest BCUT2D eigenvalue weighted by Crippen LogP contribution is 2.40. The molecule has 0 bridgehead atoms. The third kappa shape index (κ3) is 4.18. The van der Waals surface area contributed by atoms with E-state index in [1.54, 1.807) is 12.1 Å². The summed E-state index contributed by atoms with van der Waals surface area (Å²) in [5, 5.41) is 7.50. The minimum atomic E-state index is -0.155. The number of methoxy groups -OCH3 is 3. The van der Waals surface area contributed by atoms with Gasteiger partial charge in [-0.2, -0.15) is 5.10 Å². The smallest absolute Gasteiger partial charge is 0.228 e. The van der Waals surface area contributed by atoms with E-state index in [9.17, 15) is 4.79 Å². The van der Waals surface area contributed by atoms with Crippen LogP contribution >= 0.6 is 0 Å². The fourth-order valence-corrected chi connectivity index (χ4v) is 3.27. The Labute approximate surface area is 170 Å². The van der Waals surface area contributed by atoms with E-state index >= 15 is 0 Å². The number of ether oxygens (including phenoxy) is 3. The Balaban J connectivity index is 1.83. The van der Waals surface area contributed by atoms with Crippen molar-refractivity contribution < 1.29 is 19.0 Å². The summed E-state index contributed by atoms with van der Waals surface area (Å²) in [5.74, 6) is 1.28. The molecule has 2 aromatic carbocycles. The molecule has 0 fully saturated rings. The van der Waals surface area contributed by atoms with Crippen LogP contribution in [-0.4, -0.2) is 37.0 Å². The van der Waals surface area contributed by atoms with Gasteiger partial charge >= 0.3 is 0 Å². The Morgan fingerprint density at radius 3 is 2.17 bits per heavy atom. The standard InChI is InChI=1S/C22H25N3O4/c1-14-18(15(2)25(24-14)17-9-7-6-8-10-17)13-21(26)23-16-11-19(27-3)22(29-5)20(12-16)28-4/h6-12H,13H2,1-5H3,(H,23,26). The number of aromatic nitrogens is 2. The summed E-state index contributed by atoms with van der Waals surface area (Å²) in [6, 6.07) is 13.3. The Hall–Kier alpha value is -3.48. The Bertz CT molecular complexity index is 987. The second kappa shape index (κ2) is 8.68. The highest BCUT2D eigenvalue weighted by Gasteiger charge is 2.18. The summed E-state index contributed by atoms with van der Waals surface area (Å²) in [4.78, 5) is 12.7. The maximum absolute atomic E-state index is 12.7. The van der Waals surface area contributed by atoms with Crippen molar-refractivity contribution in [3.8, 4) is 22.9 Å². The minimum absolute atomic E-state index is 0.155. The van der Waals surface area contributed by atoms with Gasteiger partial charge in [0.05, 0.1) is 39.1 Å². The van der Waals surface area contributed by atoms with Crippen molar-refractivity contribution in [1.29, 1.82) is 0 Å². The second-order valence-corrected chi connectivity index (χ2v) is 6.54. The summed E-state index contributed by atoms with van der Waals surface area (Å²) in [6.45, 7) is 3.88. The summed E-state index contributed by atoms with van der Waals surface area (Å²) in [7, 11) is 4.61. The van der Waals surface area contributed by atoms with Gasteiger partial charge in [0.1, 0.15) is 0 Å². The number of nitrogens with one attached hydrogen (secondary N) is 1. The van der Waals surface area contributed by atoms with Gasteiger partial charge in [0, 0.05) is 29.1 Å². The molecule has 1 amide bonds. The van der Waals surface area contributed by atoms with Crippen molar-refractivity contribution in [3.63, 3.8) is 0 Å². The zero-order chi connectivity index (χ0) is 21.0. The van der Waals surface area contributed by atoms with Crippen LogP contribution in [0.25, 0.3) is 5.69 Å². The Kier molecular flexibility index (Phi) is 6.07. The van der Waals surface area contributed by atoms with Crippen LogP contribution in [0.5, 0.6) is 17.2 Å². The molecule has 152 valence electrons. The van der Waals surface area contributed by atoms with E-state index in [1.165, 1.54) is 21.3 Å². The molecule has 0 aliphatic carbocycles. The highest BCUT2D eigenvalue weighted by atomic mass is 16.5. The molecule has 1 heterocycles.